The minimum Gasteiger partial charge on any atom is -0.481 e. The van der Waals surface area contributed by atoms with Crippen molar-refractivity contribution < 1.29 is 14.6 Å². The Morgan fingerprint density at radius 2 is 1.78 bits per heavy atom. The van der Waals surface area contributed by atoms with Gasteiger partial charge in [0.25, 0.3) is 0 Å². The molecule has 0 aliphatic carbocycles. The van der Waals surface area contributed by atoms with E-state index in [4.69, 9.17) is 4.74 Å². The highest BCUT2D eigenvalue weighted by molar-refractivity contribution is 5.81. The maximum absolute atomic E-state index is 11.6. The van der Waals surface area contributed by atoms with E-state index in [-0.39, 0.29) is 0 Å². The van der Waals surface area contributed by atoms with Gasteiger partial charge in [-0.2, -0.15) is 0 Å². The second-order valence-corrected chi connectivity index (χ2v) is 5.28. The number of rotatable bonds is 3. The van der Waals surface area contributed by atoms with Gasteiger partial charge in [-0.15, -0.1) is 0 Å². The Labute approximate surface area is 108 Å². The molecule has 1 aliphatic heterocycles. The van der Waals surface area contributed by atoms with Crippen molar-refractivity contribution in [2.45, 2.75) is 38.0 Å². The number of hydrogen-bond acceptors (Lipinski definition) is 2. The van der Waals surface area contributed by atoms with E-state index in [1.165, 1.54) is 5.56 Å². The van der Waals surface area contributed by atoms with Gasteiger partial charge in [0.15, 0.2) is 0 Å². The Balaban J connectivity index is 2.34. The van der Waals surface area contributed by atoms with Crippen LogP contribution in [0.4, 0.5) is 0 Å². The second kappa shape index (κ2) is 5.11. The maximum atomic E-state index is 11.6. The van der Waals surface area contributed by atoms with Gasteiger partial charge in [-0.25, -0.2) is 0 Å². The molecule has 0 aromatic heterocycles. The lowest BCUT2D eigenvalue weighted by molar-refractivity contribution is -0.147. The first kappa shape index (κ1) is 13.1. The van der Waals surface area contributed by atoms with Crippen LogP contribution in [-0.4, -0.2) is 24.3 Å². The normalized spacial score (nSPS) is 18.8. The topological polar surface area (TPSA) is 46.5 Å². The molecule has 0 radical (unpaired) electrons. The third-order valence-electron chi connectivity index (χ3n) is 3.89. The molecule has 3 nitrogen and oxygen atoms in total. The minimum atomic E-state index is -0.756. The van der Waals surface area contributed by atoms with Crippen LogP contribution >= 0.6 is 0 Å². The Hall–Kier alpha value is -1.35. The molecule has 0 amide bonds. The molecule has 0 spiro atoms. The van der Waals surface area contributed by atoms with E-state index in [0.29, 0.717) is 32.0 Å². The molecule has 2 rings (SSSR count). The molecule has 3 heteroatoms. The van der Waals surface area contributed by atoms with Crippen LogP contribution in [0.3, 0.4) is 0 Å². The fraction of sp³-hybridized carbons (Fsp3) is 0.533. The summed E-state index contributed by atoms with van der Waals surface area (Å²) in [7, 11) is 0. The predicted molar refractivity (Wildman–Crippen MR) is 69.9 cm³/mol. The lowest BCUT2D eigenvalue weighted by Gasteiger charge is -2.33. The Kier molecular flexibility index (Phi) is 3.71. The number of aliphatic carboxylic acids is 1. The van der Waals surface area contributed by atoms with Crippen molar-refractivity contribution in [2.75, 3.05) is 13.2 Å². The van der Waals surface area contributed by atoms with Crippen LogP contribution in [0.1, 0.15) is 43.7 Å². The highest BCUT2D eigenvalue weighted by Crippen LogP contribution is 2.35. The van der Waals surface area contributed by atoms with Gasteiger partial charge >= 0.3 is 5.97 Å². The number of hydrogen-bond donors (Lipinski definition) is 1. The number of ether oxygens (including phenoxy) is 1. The summed E-state index contributed by atoms with van der Waals surface area (Å²) in [4.78, 5) is 11.6. The zero-order valence-electron chi connectivity index (χ0n) is 11.0. The summed E-state index contributed by atoms with van der Waals surface area (Å²) in [6.07, 6.45) is 1.12. The molecule has 0 atom stereocenters. The molecule has 1 aromatic carbocycles. The van der Waals surface area contributed by atoms with Crippen LogP contribution < -0.4 is 0 Å². The standard InChI is InChI=1S/C15H20O3/c1-11(2)12-3-5-13(6-4-12)15(14(16)17)7-9-18-10-8-15/h3-6,11H,7-10H2,1-2H3,(H,16,17). The molecule has 1 heterocycles. The molecule has 1 aromatic rings. The molecule has 98 valence electrons. The highest BCUT2D eigenvalue weighted by atomic mass is 16.5. The summed E-state index contributed by atoms with van der Waals surface area (Å²) in [6.45, 7) is 5.32. The maximum Gasteiger partial charge on any atom is 0.314 e. The summed E-state index contributed by atoms with van der Waals surface area (Å²) in [6, 6.07) is 8.02. The summed E-state index contributed by atoms with van der Waals surface area (Å²) >= 11 is 0. The summed E-state index contributed by atoms with van der Waals surface area (Å²) in [5, 5.41) is 9.57. The molecule has 1 N–H and O–H groups in total. The first-order valence-electron chi connectivity index (χ1n) is 6.48. The average Bonchev–Trinajstić information content (AvgIpc) is 2.39. The monoisotopic (exact) mass is 248 g/mol. The Bertz CT molecular complexity index is 414. The van der Waals surface area contributed by atoms with Crippen LogP contribution in [-0.2, 0) is 14.9 Å². The van der Waals surface area contributed by atoms with E-state index in [0.717, 1.165) is 5.56 Å². The van der Waals surface area contributed by atoms with Crippen molar-refractivity contribution in [3.8, 4) is 0 Å². The van der Waals surface area contributed by atoms with Gasteiger partial charge in [-0.05, 0) is 29.9 Å². The molecule has 18 heavy (non-hydrogen) atoms. The van der Waals surface area contributed by atoms with Gasteiger partial charge in [0.2, 0.25) is 0 Å². The van der Waals surface area contributed by atoms with Crippen molar-refractivity contribution in [3.63, 3.8) is 0 Å². The van der Waals surface area contributed by atoms with Gasteiger partial charge in [-0.3, -0.25) is 4.79 Å². The highest BCUT2D eigenvalue weighted by Gasteiger charge is 2.41. The van der Waals surface area contributed by atoms with E-state index >= 15 is 0 Å². The predicted octanol–water partition coefficient (Wildman–Crippen LogP) is 2.94. The molecule has 1 fully saturated rings. The zero-order chi connectivity index (χ0) is 13.2. The zero-order valence-corrected chi connectivity index (χ0v) is 11.0. The SMILES string of the molecule is CC(C)c1ccc(C2(C(=O)O)CCOCC2)cc1. The molecule has 0 saturated carbocycles. The third kappa shape index (κ3) is 2.27. The fourth-order valence-corrected chi connectivity index (χ4v) is 2.53. The third-order valence-corrected chi connectivity index (χ3v) is 3.89. The van der Waals surface area contributed by atoms with Crippen LogP contribution in [0.15, 0.2) is 24.3 Å². The summed E-state index contributed by atoms with van der Waals surface area (Å²) in [5.74, 6) is -0.266. The van der Waals surface area contributed by atoms with E-state index in [9.17, 15) is 9.90 Å². The molecular formula is C15H20O3. The number of carboxylic acids is 1. The van der Waals surface area contributed by atoms with E-state index < -0.39 is 11.4 Å². The smallest absolute Gasteiger partial charge is 0.314 e. The Morgan fingerprint density at radius 3 is 2.22 bits per heavy atom. The second-order valence-electron chi connectivity index (χ2n) is 5.28. The van der Waals surface area contributed by atoms with Gasteiger partial charge in [0, 0.05) is 13.2 Å². The van der Waals surface area contributed by atoms with Crippen molar-refractivity contribution in [2.24, 2.45) is 0 Å². The molecule has 1 aliphatic rings. The van der Waals surface area contributed by atoms with Gasteiger partial charge in [-0.1, -0.05) is 38.1 Å². The van der Waals surface area contributed by atoms with Crippen LogP contribution in [0, 0.1) is 0 Å². The average molecular weight is 248 g/mol. The largest absolute Gasteiger partial charge is 0.481 e. The minimum absolute atomic E-state index is 0.467. The first-order chi connectivity index (χ1) is 8.56. The first-order valence-corrected chi connectivity index (χ1v) is 6.48. The fourth-order valence-electron chi connectivity index (χ4n) is 2.53. The van der Waals surface area contributed by atoms with E-state index in [2.05, 4.69) is 13.8 Å². The van der Waals surface area contributed by atoms with Crippen LogP contribution in [0.25, 0.3) is 0 Å². The quantitative estimate of drug-likeness (QED) is 0.894. The van der Waals surface area contributed by atoms with Gasteiger partial charge in [0.1, 0.15) is 0 Å². The van der Waals surface area contributed by atoms with E-state index in [1.807, 2.05) is 24.3 Å². The number of carbonyl (C=O) groups is 1. The summed E-state index contributed by atoms with van der Waals surface area (Å²) < 4.78 is 5.30. The van der Waals surface area contributed by atoms with Crippen LogP contribution in [0.2, 0.25) is 0 Å². The van der Waals surface area contributed by atoms with Crippen LogP contribution in [0.5, 0.6) is 0 Å². The number of carboxylic acid groups (broad SMARTS) is 1. The van der Waals surface area contributed by atoms with Crippen molar-refractivity contribution >= 4 is 5.97 Å². The molecule has 0 bridgehead atoms. The molecule has 1 saturated heterocycles. The van der Waals surface area contributed by atoms with Crippen molar-refractivity contribution in [1.82, 2.24) is 0 Å². The van der Waals surface area contributed by atoms with Crippen molar-refractivity contribution in [1.29, 1.82) is 0 Å². The molecular weight excluding hydrogens is 228 g/mol. The van der Waals surface area contributed by atoms with Crippen molar-refractivity contribution in [3.05, 3.63) is 35.4 Å². The number of benzene rings is 1. The van der Waals surface area contributed by atoms with E-state index in [1.54, 1.807) is 0 Å². The lowest BCUT2D eigenvalue weighted by Crippen LogP contribution is -2.41. The van der Waals surface area contributed by atoms with Gasteiger partial charge < -0.3 is 9.84 Å². The lowest BCUT2D eigenvalue weighted by atomic mass is 9.74. The molecule has 0 unspecified atom stereocenters. The van der Waals surface area contributed by atoms with Gasteiger partial charge in [0.05, 0.1) is 5.41 Å². The summed E-state index contributed by atoms with van der Waals surface area (Å²) in [5.41, 5.74) is 1.39. The Morgan fingerprint density at radius 1 is 1.22 bits per heavy atom.